The van der Waals surface area contributed by atoms with E-state index in [0.29, 0.717) is 0 Å². The van der Waals surface area contributed by atoms with Crippen molar-refractivity contribution in [2.45, 2.75) is 66.9 Å². The van der Waals surface area contributed by atoms with Gasteiger partial charge in [0.2, 0.25) is 13.4 Å². The summed E-state index contributed by atoms with van der Waals surface area (Å²) in [7, 11) is -3.12. The molecule has 9 heteroatoms. The highest BCUT2D eigenvalue weighted by molar-refractivity contribution is 8.02. The molecule has 344 valence electrons. The van der Waals surface area contributed by atoms with Gasteiger partial charge in [-0.05, 0) is 132 Å². The number of benzene rings is 10. The highest BCUT2D eigenvalue weighted by atomic mass is 32.2. The Bertz CT molecular complexity index is 3600. The number of hydrogen-bond donors (Lipinski definition) is 0. The summed E-state index contributed by atoms with van der Waals surface area (Å²) in [6.45, 7) is 9.60. The lowest BCUT2D eigenvalue weighted by Gasteiger charge is -2.50. The van der Waals surface area contributed by atoms with Crippen molar-refractivity contribution in [3.63, 3.8) is 0 Å². The smallest absolute Gasteiger partial charge is 0.247 e. The molecule has 6 heterocycles. The molecule has 10 aromatic carbocycles. The van der Waals surface area contributed by atoms with E-state index in [1.807, 2.05) is 47.0 Å². The molecule has 0 amide bonds. The third-order valence-electron chi connectivity index (χ3n) is 16.3. The van der Waals surface area contributed by atoms with E-state index < -0.39 is 8.07 Å². The van der Waals surface area contributed by atoms with Crippen molar-refractivity contribution in [1.29, 1.82) is 0 Å². The first-order valence-electron chi connectivity index (χ1n) is 25.3. The average molecular weight is 1020 g/mol. The Labute approximate surface area is 445 Å². The van der Waals surface area contributed by atoms with E-state index in [-0.39, 0.29) is 13.4 Å². The number of aryl methyl sites for hydroxylation is 4. The van der Waals surface area contributed by atoms with E-state index in [9.17, 15) is 0 Å². The lowest BCUT2D eigenvalue weighted by molar-refractivity contribution is 1.22. The summed E-state index contributed by atoms with van der Waals surface area (Å²) in [5.41, 5.74) is 21.2. The molecule has 0 bridgehead atoms. The van der Waals surface area contributed by atoms with Crippen LogP contribution in [0, 0.1) is 27.7 Å². The summed E-state index contributed by atoms with van der Waals surface area (Å²) in [5, 5.41) is 5.80. The summed E-state index contributed by atoms with van der Waals surface area (Å²) in [6, 6.07) is 76.0. The minimum Gasteiger partial charge on any atom is -0.311 e. The van der Waals surface area contributed by atoms with E-state index in [0.717, 1.165) is 0 Å². The van der Waals surface area contributed by atoms with Crippen LogP contribution in [-0.4, -0.2) is 21.5 Å². The molecule has 73 heavy (non-hydrogen) atoms. The van der Waals surface area contributed by atoms with Gasteiger partial charge in [0, 0.05) is 73.3 Å². The van der Waals surface area contributed by atoms with Gasteiger partial charge < -0.3 is 9.80 Å². The van der Waals surface area contributed by atoms with Crippen LogP contribution in [0.2, 0.25) is 0 Å². The molecule has 0 N–H and O–H groups in total. The zero-order valence-electron chi connectivity index (χ0n) is 40.7. The van der Waals surface area contributed by atoms with Gasteiger partial charge in [-0.25, -0.2) is 0 Å². The second kappa shape index (κ2) is 15.8. The molecule has 0 saturated heterocycles. The maximum Gasteiger partial charge on any atom is 0.247 e. The first-order chi connectivity index (χ1) is 35.8. The first-order valence-corrected chi connectivity index (χ1v) is 30.5. The Balaban J connectivity index is 0.939. The second-order valence-corrected chi connectivity index (χ2v) is 28.6. The van der Waals surface area contributed by atoms with Crippen molar-refractivity contribution >= 4 is 156 Å². The molecule has 6 aliphatic rings. The molecule has 16 rings (SSSR count). The van der Waals surface area contributed by atoms with Gasteiger partial charge in [0.25, 0.3) is 0 Å². The predicted molar refractivity (Wildman–Crippen MR) is 317 cm³/mol. The zero-order valence-corrected chi connectivity index (χ0v) is 44.9. The summed E-state index contributed by atoms with van der Waals surface area (Å²) in [5.74, 6) is 0. The number of hydrogen-bond acceptors (Lipinski definition) is 6. The van der Waals surface area contributed by atoms with Gasteiger partial charge in [-0.2, -0.15) is 0 Å². The molecule has 6 aliphatic heterocycles. The Morgan fingerprint density at radius 2 is 0.562 bits per heavy atom. The Kier molecular flexibility index (Phi) is 9.29. The SMILES string of the molecule is Cc1ccc2c(c1)[Si]1(c3cc(C)ccc3N2c2cc3c4c(c2)Sc2ccccc2B4c2ccccc2S3)c2cc(C)ccc2N(c2cc3c4c(c2)Sc2ccccc2B4c2ccccc2S3)c2ccc(C)cc21. The van der Waals surface area contributed by atoms with Gasteiger partial charge >= 0.3 is 0 Å². The molecule has 10 aromatic rings. The normalized spacial score (nSPS) is 15.2. The highest BCUT2D eigenvalue weighted by Crippen LogP contribution is 2.49. The quantitative estimate of drug-likeness (QED) is 0.158. The van der Waals surface area contributed by atoms with Crippen LogP contribution in [0.4, 0.5) is 34.1 Å². The Morgan fingerprint density at radius 1 is 0.301 bits per heavy atom. The number of rotatable bonds is 2. The molecule has 0 fully saturated rings. The average Bonchev–Trinajstić information content (AvgIpc) is 3.40. The fourth-order valence-electron chi connectivity index (χ4n) is 13.3. The summed E-state index contributed by atoms with van der Waals surface area (Å²) in [4.78, 5) is 16.1. The maximum atomic E-state index is 2.64. The Morgan fingerprint density at radius 3 is 0.836 bits per heavy atom. The van der Waals surface area contributed by atoms with Crippen LogP contribution in [0.15, 0.2) is 233 Å². The zero-order chi connectivity index (χ0) is 48.4. The first kappa shape index (κ1) is 43.0. The van der Waals surface area contributed by atoms with Gasteiger partial charge in [0.15, 0.2) is 8.07 Å². The van der Waals surface area contributed by atoms with Crippen molar-refractivity contribution in [2.75, 3.05) is 9.80 Å². The summed E-state index contributed by atoms with van der Waals surface area (Å²) < 4.78 is 0. The molecule has 0 unspecified atom stereocenters. The van der Waals surface area contributed by atoms with Crippen molar-refractivity contribution in [1.82, 2.24) is 0 Å². The number of fused-ring (bicyclic) bond motifs is 16. The van der Waals surface area contributed by atoms with Crippen LogP contribution in [0.5, 0.6) is 0 Å². The maximum absolute atomic E-state index is 3.12. The van der Waals surface area contributed by atoms with Gasteiger partial charge in [-0.3, -0.25) is 0 Å². The molecule has 0 aromatic heterocycles. The van der Waals surface area contributed by atoms with Crippen LogP contribution >= 0.6 is 47.0 Å². The van der Waals surface area contributed by atoms with Crippen LogP contribution in [0.3, 0.4) is 0 Å². The van der Waals surface area contributed by atoms with Crippen molar-refractivity contribution in [3.05, 3.63) is 216 Å². The van der Waals surface area contributed by atoms with Gasteiger partial charge in [-0.15, -0.1) is 0 Å². The summed E-state index contributed by atoms with van der Waals surface area (Å²) >= 11 is 7.77. The van der Waals surface area contributed by atoms with Gasteiger partial charge in [-0.1, -0.05) is 212 Å². The second-order valence-electron chi connectivity index (χ2n) is 20.6. The standard InChI is InChI=1S/C64H44B2N2S4Si/c1-37-21-25-47-59(29-37)73(60-30-38(2)22-26-48(60)67(47)41-33-55-63-56(34-41)70-52-18-10-6-14-44(52)65(63)43-13-5-9-17-51(43)69-55)61-31-39(3)23-27-49(61)68(50-28-24-40(4)32-62(50)73)42-35-57-64-58(36-42)72-54-20-12-8-16-46(54)66(64)45-15-7-11-19-53(45)71-57/h5-36H,1-4H3. The molecule has 0 atom stereocenters. The third-order valence-corrected chi connectivity index (χ3v) is 25.7. The molecule has 2 nitrogen and oxygen atoms in total. The third kappa shape index (κ3) is 6.03. The van der Waals surface area contributed by atoms with Crippen LogP contribution in [0.1, 0.15) is 22.3 Å². The highest BCUT2D eigenvalue weighted by Gasteiger charge is 2.55. The lowest BCUT2D eigenvalue weighted by atomic mass is 9.36. The van der Waals surface area contributed by atoms with Crippen molar-refractivity contribution in [3.8, 4) is 0 Å². The molecule has 1 spiro atoms. The fraction of sp³-hybridized carbons (Fsp3) is 0.0625. The van der Waals surface area contributed by atoms with E-state index in [1.54, 1.807) is 0 Å². The molecular formula is C64H44B2N2S4Si. The number of anilines is 6. The van der Waals surface area contributed by atoms with Crippen molar-refractivity contribution in [2.24, 2.45) is 0 Å². The summed E-state index contributed by atoms with van der Waals surface area (Å²) in [6.07, 6.45) is 0. The fourth-order valence-corrected chi connectivity index (χ4v) is 24.1. The minimum atomic E-state index is -3.12. The predicted octanol–water partition coefficient (Wildman–Crippen LogP) is 10.8. The lowest BCUT2D eigenvalue weighted by Crippen LogP contribution is -2.79. The van der Waals surface area contributed by atoms with Crippen LogP contribution < -0.4 is 63.3 Å². The van der Waals surface area contributed by atoms with Gasteiger partial charge in [0.05, 0.1) is 0 Å². The monoisotopic (exact) mass is 1020 g/mol. The number of nitrogens with zero attached hydrogens (tertiary/aromatic N) is 2. The van der Waals surface area contributed by atoms with Gasteiger partial charge in [0.1, 0.15) is 0 Å². The van der Waals surface area contributed by atoms with E-state index in [2.05, 4.69) is 232 Å². The van der Waals surface area contributed by atoms with E-state index >= 15 is 0 Å². The largest absolute Gasteiger partial charge is 0.311 e. The van der Waals surface area contributed by atoms with E-state index in [1.165, 1.54) is 149 Å². The Hall–Kier alpha value is -6.45. The van der Waals surface area contributed by atoms with Crippen LogP contribution in [-0.2, 0) is 0 Å². The topological polar surface area (TPSA) is 6.48 Å². The van der Waals surface area contributed by atoms with Crippen LogP contribution in [0.25, 0.3) is 0 Å². The van der Waals surface area contributed by atoms with E-state index in [4.69, 9.17) is 0 Å². The minimum absolute atomic E-state index is 0.208. The molecular weight excluding hydrogens is 975 g/mol. The molecule has 0 saturated carbocycles. The van der Waals surface area contributed by atoms with Crippen molar-refractivity contribution < 1.29 is 0 Å². The molecule has 0 radical (unpaired) electrons. The molecule has 0 aliphatic carbocycles.